The molecule has 0 atom stereocenters. The van der Waals surface area contributed by atoms with E-state index in [1.54, 1.807) is 0 Å². The number of aryl methyl sites for hydroxylation is 1. The van der Waals surface area contributed by atoms with Gasteiger partial charge in [-0.25, -0.2) is 0 Å². The Balaban J connectivity index is 0.000000290. The Hall–Kier alpha value is -3.27. The molecule has 1 aliphatic carbocycles. The molecule has 0 saturated heterocycles. The summed E-state index contributed by atoms with van der Waals surface area (Å²) in [6.07, 6.45) is 4.91. The Bertz CT molecular complexity index is 2000. The molecule has 0 saturated carbocycles. The summed E-state index contributed by atoms with van der Waals surface area (Å²) < 4.78 is 6.76. The van der Waals surface area contributed by atoms with Crippen molar-refractivity contribution < 1.29 is 34.4 Å². The zero-order chi connectivity index (χ0) is 35.1. The number of benzene rings is 3. The van der Waals surface area contributed by atoms with E-state index in [0.29, 0.717) is 11.8 Å². The number of pyridine rings is 1. The van der Waals surface area contributed by atoms with Gasteiger partial charge in [0.15, 0.2) is 5.78 Å². The van der Waals surface area contributed by atoms with Gasteiger partial charge in [0.2, 0.25) is 0 Å². The van der Waals surface area contributed by atoms with Gasteiger partial charge in [0.25, 0.3) is 0 Å². The van der Waals surface area contributed by atoms with Crippen LogP contribution in [0.2, 0.25) is 0 Å². The first-order valence-electron chi connectivity index (χ1n) is 18.1. The average Bonchev–Trinajstić information content (AvgIpc) is 3.41. The number of aliphatic hydroxyl groups is 1. The molecule has 0 unspecified atom stereocenters. The summed E-state index contributed by atoms with van der Waals surface area (Å²) in [4.78, 5) is 17.0. The summed E-state index contributed by atoms with van der Waals surface area (Å²) in [6, 6.07) is 19.3. The fourth-order valence-corrected chi connectivity index (χ4v) is 7.43. The van der Waals surface area contributed by atoms with Crippen molar-refractivity contribution in [2.45, 2.75) is 119 Å². The number of ketones is 1. The van der Waals surface area contributed by atoms with E-state index in [1.165, 1.54) is 50.1 Å². The number of allylic oxidation sites excluding steroid dienone is 2. The van der Waals surface area contributed by atoms with Gasteiger partial charge < -0.3 is 9.52 Å². The molecule has 3 aromatic carbocycles. The Morgan fingerprint density at radius 3 is 2.06 bits per heavy atom. The molecule has 6 rings (SSSR count). The number of carbonyl (C=O) groups excluding carboxylic acids is 1. The predicted octanol–water partition coefficient (Wildman–Crippen LogP) is 12.7. The van der Waals surface area contributed by atoms with Gasteiger partial charge in [-0.15, -0.1) is 17.7 Å². The van der Waals surface area contributed by atoms with Crippen molar-refractivity contribution in [2.75, 3.05) is 0 Å². The molecule has 2 aromatic heterocycles. The number of rotatable bonds is 9. The molecular formula is C44H54IrNO3-. The van der Waals surface area contributed by atoms with Crippen molar-refractivity contribution in [3.63, 3.8) is 0 Å². The summed E-state index contributed by atoms with van der Waals surface area (Å²) in [5.74, 6) is 1.28. The van der Waals surface area contributed by atoms with E-state index < -0.39 is 0 Å². The van der Waals surface area contributed by atoms with Crippen LogP contribution < -0.4 is 0 Å². The minimum atomic E-state index is -0.227. The molecule has 1 aliphatic rings. The fraction of sp³-hybridized carbons (Fsp3) is 0.455. The summed E-state index contributed by atoms with van der Waals surface area (Å²) >= 11 is 0. The number of furan rings is 1. The molecule has 5 aromatic rings. The van der Waals surface area contributed by atoms with Gasteiger partial charge in [-0.3, -0.25) is 9.78 Å². The van der Waals surface area contributed by atoms with Crippen LogP contribution in [-0.2, 0) is 30.3 Å². The molecule has 0 bridgehead atoms. The van der Waals surface area contributed by atoms with Crippen molar-refractivity contribution in [1.82, 2.24) is 4.98 Å². The van der Waals surface area contributed by atoms with E-state index >= 15 is 0 Å². The van der Waals surface area contributed by atoms with Crippen molar-refractivity contribution in [3.05, 3.63) is 88.2 Å². The Labute approximate surface area is 307 Å². The van der Waals surface area contributed by atoms with Gasteiger partial charge in [-0.2, -0.15) is 0 Å². The minimum absolute atomic E-state index is 0. The number of nitrogens with zero attached hydrogens (tertiary/aromatic N) is 1. The summed E-state index contributed by atoms with van der Waals surface area (Å²) in [5, 5.41) is 13.4. The number of hydrogen-bond donors (Lipinski definition) is 1. The summed E-state index contributed by atoms with van der Waals surface area (Å²) in [7, 11) is 0. The van der Waals surface area contributed by atoms with Gasteiger partial charge in [0, 0.05) is 43.4 Å². The molecule has 5 heteroatoms. The first-order valence-corrected chi connectivity index (χ1v) is 18.1. The molecule has 0 aliphatic heterocycles. The average molecular weight is 837 g/mol. The number of aliphatic hydroxyl groups excluding tert-OH is 1. The van der Waals surface area contributed by atoms with Gasteiger partial charge in [-0.1, -0.05) is 121 Å². The molecule has 263 valence electrons. The van der Waals surface area contributed by atoms with E-state index in [9.17, 15) is 9.90 Å². The van der Waals surface area contributed by atoms with Crippen LogP contribution in [0.4, 0.5) is 0 Å². The van der Waals surface area contributed by atoms with E-state index in [2.05, 4.69) is 97.0 Å². The van der Waals surface area contributed by atoms with Gasteiger partial charge >= 0.3 is 0 Å². The quantitative estimate of drug-likeness (QED) is 0.0912. The van der Waals surface area contributed by atoms with Crippen LogP contribution in [0.25, 0.3) is 44.1 Å². The van der Waals surface area contributed by atoms with Gasteiger partial charge in [0.05, 0.1) is 16.9 Å². The maximum atomic E-state index is 11.7. The second-order valence-electron chi connectivity index (χ2n) is 14.8. The van der Waals surface area contributed by atoms with E-state index in [4.69, 9.17) is 9.40 Å². The molecule has 1 N–H and O–H groups in total. The maximum absolute atomic E-state index is 11.7. The number of aromatic nitrogens is 1. The molecule has 0 amide bonds. The second-order valence-corrected chi connectivity index (χ2v) is 14.8. The third kappa shape index (κ3) is 7.04. The normalized spacial score (nSPS) is 13.7. The van der Waals surface area contributed by atoms with Crippen molar-refractivity contribution >= 4 is 38.6 Å². The van der Waals surface area contributed by atoms with E-state index in [0.717, 1.165) is 53.6 Å². The second kappa shape index (κ2) is 15.3. The molecule has 4 nitrogen and oxygen atoms in total. The fourth-order valence-electron chi connectivity index (χ4n) is 7.43. The number of fused-ring (bicyclic) bond motifs is 3. The topological polar surface area (TPSA) is 63.3 Å². The molecule has 2 heterocycles. The maximum Gasteiger partial charge on any atom is 0.162 e. The third-order valence-corrected chi connectivity index (χ3v) is 10.6. The van der Waals surface area contributed by atoms with Crippen molar-refractivity contribution in [1.29, 1.82) is 0 Å². The molecule has 0 spiro atoms. The van der Waals surface area contributed by atoms with Gasteiger partial charge in [0.1, 0.15) is 5.58 Å². The van der Waals surface area contributed by atoms with Crippen LogP contribution in [0, 0.1) is 24.8 Å². The zero-order valence-electron chi connectivity index (χ0n) is 31.3. The monoisotopic (exact) mass is 837 g/mol. The predicted molar refractivity (Wildman–Crippen MR) is 202 cm³/mol. The van der Waals surface area contributed by atoms with Crippen molar-refractivity contribution in [2.24, 2.45) is 11.8 Å². The Morgan fingerprint density at radius 1 is 0.857 bits per heavy atom. The minimum Gasteiger partial charge on any atom is -0.512 e. The largest absolute Gasteiger partial charge is 0.512 e. The Morgan fingerprint density at radius 2 is 1.47 bits per heavy atom. The third-order valence-electron chi connectivity index (χ3n) is 10.6. The molecule has 1 radical (unpaired) electrons. The molecule has 49 heavy (non-hydrogen) atoms. The van der Waals surface area contributed by atoms with Crippen LogP contribution in [0.1, 0.15) is 135 Å². The van der Waals surface area contributed by atoms with Crippen LogP contribution >= 0.6 is 0 Å². The van der Waals surface area contributed by atoms with Crippen LogP contribution in [-0.4, -0.2) is 15.9 Å². The van der Waals surface area contributed by atoms with Crippen LogP contribution in [0.3, 0.4) is 0 Å². The first kappa shape index (κ1) is 38.5. The number of carbonyl (C=O) groups is 1. The van der Waals surface area contributed by atoms with Gasteiger partial charge in [-0.05, 0) is 78.3 Å². The Kier molecular flexibility index (Phi) is 12.0. The van der Waals surface area contributed by atoms with Crippen LogP contribution in [0.15, 0.2) is 58.7 Å². The summed E-state index contributed by atoms with van der Waals surface area (Å²) in [5.41, 5.74) is 11.2. The van der Waals surface area contributed by atoms with E-state index in [-0.39, 0.29) is 48.9 Å². The molecular weight excluding hydrogens is 783 g/mol. The standard InChI is InChI=1S/C31H30NO.C13H24O2.Ir/c1-16(2)20-9-10-22-26-27-23(12-11-21(17(3)4)30(27)33-29(20)26)31(6,7)24-15-19-14-18(5)8-13-25(19)32-28(22)24;1-5-10(6-2)12(14)9-13(15)11(7-3)8-4;/h8-9,11-17H,1-7H3;9-11,14H,5-8H2,1-4H3;/q-1;;/b;12-9-;. The molecule has 0 fully saturated rings. The van der Waals surface area contributed by atoms with E-state index in [1.807, 2.05) is 27.7 Å². The first-order chi connectivity index (χ1) is 22.8. The van der Waals surface area contributed by atoms with Crippen molar-refractivity contribution in [3.8, 4) is 11.3 Å². The SMILES string of the molecule is CCC(CC)C(=O)/C=C(\O)C(CC)CC.Cc1ccc2nc3c(cc2c1)C(C)(C)c1ccc(C(C)C)c2oc4c(C(C)C)c[c-]c-3c4c12.[Ir]. The summed E-state index contributed by atoms with van der Waals surface area (Å²) in [6.45, 7) is 23.8. The zero-order valence-corrected chi connectivity index (χ0v) is 33.7. The number of hydrogen-bond acceptors (Lipinski definition) is 4. The van der Waals surface area contributed by atoms with Crippen LogP contribution in [0.5, 0.6) is 0 Å². The smallest absolute Gasteiger partial charge is 0.162 e.